The molecule has 3 aromatic rings. The Kier molecular flexibility index (Phi) is 8.39. The summed E-state index contributed by atoms with van der Waals surface area (Å²) >= 11 is 1.39. The molecule has 1 aliphatic heterocycles. The van der Waals surface area contributed by atoms with Gasteiger partial charge >= 0.3 is 0 Å². The topological polar surface area (TPSA) is 113 Å². The van der Waals surface area contributed by atoms with Gasteiger partial charge in [0, 0.05) is 41.6 Å². The van der Waals surface area contributed by atoms with E-state index in [1.165, 1.54) is 47.0 Å². The lowest BCUT2D eigenvalue weighted by Gasteiger charge is -2.33. The lowest BCUT2D eigenvalue weighted by atomic mass is 10.1. The maximum absolute atomic E-state index is 13.9. The van der Waals surface area contributed by atoms with Crippen molar-refractivity contribution in [1.82, 2.24) is 19.6 Å². The molecule has 206 valence electrons. The van der Waals surface area contributed by atoms with E-state index in [4.69, 9.17) is 0 Å². The minimum atomic E-state index is -3.69. The first-order valence-corrected chi connectivity index (χ1v) is 15.7. The van der Waals surface area contributed by atoms with E-state index in [0.717, 1.165) is 44.9 Å². The number of amides is 2. The summed E-state index contributed by atoms with van der Waals surface area (Å²) in [5, 5.41) is 5.01. The largest absolute Gasteiger partial charge is 0.351 e. The van der Waals surface area contributed by atoms with E-state index in [9.17, 15) is 18.0 Å². The maximum Gasteiger partial charge on any atom is 0.279 e. The third kappa shape index (κ3) is 5.90. The van der Waals surface area contributed by atoms with Gasteiger partial charge in [-0.15, -0.1) is 11.3 Å². The van der Waals surface area contributed by atoms with Crippen LogP contribution in [0.3, 0.4) is 0 Å². The molecule has 0 spiro atoms. The standard InChI is InChI=1S/C28H33N5O4S2/c1-20-7-4-5-17-32(20)39(36,37)23-13-11-22(12-14-23)33(28(35)24-19-29-15-16-30-24)26(25-10-6-18-38-25)27(34)31-21-8-2-3-9-21/h6,10-16,18-21,26H,2-5,7-9,17H2,1H3,(H,31,34)/t20-,26+/m1/s1. The van der Waals surface area contributed by atoms with Crippen LogP contribution in [0.1, 0.15) is 73.3 Å². The van der Waals surface area contributed by atoms with E-state index in [0.29, 0.717) is 17.1 Å². The van der Waals surface area contributed by atoms with E-state index in [1.807, 2.05) is 24.4 Å². The highest BCUT2D eigenvalue weighted by molar-refractivity contribution is 7.89. The number of carbonyl (C=O) groups is 2. The quantitative estimate of drug-likeness (QED) is 0.427. The predicted octanol–water partition coefficient (Wildman–Crippen LogP) is 4.55. The van der Waals surface area contributed by atoms with Crippen molar-refractivity contribution in [2.24, 2.45) is 0 Å². The van der Waals surface area contributed by atoms with Gasteiger partial charge in [-0.05, 0) is 68.3 Å². The van der Waals surface area contributed by atoms with Gasteiger partial charge in [-0.1, -0.05) is 25.3 Å². The molecule has 39 heavy (non-hydrogen) atoms. The molecule has 1 saturated heterocycles. The highest BCUT2D eigenvalue weighted by Gasteiger charge is 2.37. The molecular weight excluding hydrogens is 534 g/mol. The monoisotopic (exact) mass is 567 g/mol. The van der Waals surface area contributed by atoms with Gasteiger partial charge in [-0.3, -0.25) is 19.5 Å². The summed E-state index contributed by atoms with van der Waals surface area (Å²) in [7, 11) is -3.69. The molecule has 0 bridgehead atoms. The zero-order valence-electron chi connectivity index (χ0n) is 21.9. The molecule has 2 atom stereocenters. The van der Waals surface area contributed by atoms with Crippen LogP contribution >= 0.6 is 11.3 Å². The zero-order valence-corrected chi connectivity index (χ0v) is 23.5. The fraction of sp³-hybridized carbons (Fsp3) is 0.429. The van der Waals surface area contributed by atoms with Crippen LogP contribution in [0.2, 0.25) is 0 Å². The second kappa shape index (κ2) is 11.9. The molecule has 5 rings (SSSR count). The molecule has 2 fully saturated rings. The Morgan fingerprint density at radius 2 is 1.79 bits per heavy atom. The van der Waals surface area contributed by atoms with Crippen molar-refractivity contribution in [3.63, 3.8) is 0 Å². The summed E-state index contributed by atoms with van der Waals surface area (Å²) in [5.41, 5.74) is 0.489. The van der Waals surface area contributed by atoms with E-state index < -0.39 is 22.0 Å². The number of nitrogens with one attached hydrogen (secondary N) is 1. The van der Waals surface area contributed by atoms with E-state index in [1.54, 1.807) is 16.4 Å². The van der Waals surface area contributed by atoms with Crippen LogP contribution in [0.15, 0.2) is 65.3 Å². The molecular formula is C28H33N5O4S2. The van der Waals surface area contributed by atoms with Gasteiger partial charge < -0.3 is 5.32 Å². The van der Waals surface area contributed by atoms with Crippen LogP contribution in [0.5, 0.6) is 0 Å². The van der Waals surface area contributed by atoms with Gasteiger partial charge in [0.15, 0.2) is 6.04 Å². The molecule has 2 amide bonds. The number of sulfonamides is 1. The Hall–Kier alpha value is -3.15. The molecule has 2 aliphatic rings. The number of thiophene rings is 1. The van der Waals surface area contributed by atoms with Crippen molar-refractivity contribution in [2.45, 2.75) is 74.9 Å². The van der Waals surface area contributed by atoms with E-state index >= 15 is 0 Å². The summed E-state index contributed by atoms with van der Waals surface area (Å²) in [4.78, 5) is 38.2. The lowest BCUT2D eigenvalue weighted by molar-refractivity contribution is -0.123. The fourth-order valence-corrected chi connectivity index (χ4v) is 7.94. The summed E-state index contributed by atoms with van der Waals surface area (Å²) in [5.74, 6) is -0.774. The van der Waals surface area contributed by atoms with Crippen LogP contribution in [-0.2, 0) is 14.8 Å². The molecule has 9 nitrogen and oxygen atoms in total. The highest BCUT2D eigenvalue weighted by Crippen LogP contribution is 2.34. The van der Waals surface area contributed by atoms with Crippen LogP contribution < -0.4 is 10.2 Å². The second-order valence-corrected chi connectivity index (χ2v) is 13.0. The highest BCUT2D eigenvalue weighted by atomic mass is 32.2. The van der Waals surface area contributed by atoms with Crippen LogP contribution in [0.25, 0.3) is 0 Å². The fourth-order valence-electron chi connectivity index (χ4n) is 5.43. The molecule has 0 radical (unpaired) electrons. The van der Waals surface area contributed by atoms with Crippen molar-refractivity contribution < 1.29 is 18.0 Å². The third-order valence-electron chi connectivity index (χ3n) is 7.49. The Morgan fingerprint density at radius 1 is 1.05 bits per heavy atom. The van der Waals surface area contributed by atoms with Crippen molar-refractivity contribution in [3.8, 4) is 0 Å². The zero-order chi connectivity index (χ0) is 27.4. The minimum Gasteiger partial charge on any atom is -0.351 e. The Balaban J connectivity index is 1.54. The summed E-state index contributed by atoms with van der Waals surface area (Å²) < 4.78 is 28.4. The third-order valence-corrected chi connectivity index (χ3v) is 10.4. The van der Waals surface area contributed by atoms with Crippen LogP contribution in [0, 0.1) is 0 Å². The normalized spacial score (nSPS) is 19.5. The molecule has 1 N–H and O–H groups in total. The second-order valence-electron chi connectivity index (χ2n) is 10.1. The number of hydrogen-bond acceptors (Lipinski definition) is 7. The average Bonchev–Trinajstić information content (AvgIpc) is 3.67. The van der Waals surface area contributed by atoms with Gasteiger partial charge in [0.1, 0.15) is 5.69 Å². The average molecular weight is 568 g/mol. The van der Waals surface area contributed by atoms with E-state index in [2.05, 4.69) is 15.3 Å². The number of piperidine rings is 1. The Labute approximate surface area is 233 Å². The van der Waals surface area contributed by atoms with Gasteiger partial charge in [-0.25, -0.2) is 13.4 Å². The number of hydrogen-bond donors (Lipinski definition) is 1. The number of rotatable bonds is 8. The number of nitrogens with zero attached hydrogens (tertiary/aromatic N) is 4. The molecule has 11 heteroatoms. The smallest absolute Gasteiger partial charge is 0.279 e. The SMILES string of the molecule is C[C@@H]1CCCCN1S(=O)(=O)c1ccc(N(C(=O)c2cnccn2)[C@H](C(=O)NC2CCCC2)c2cccs2)cc1. The molecule has 1 aromatic carbocycles. The van der Waals surface area contributed by atoms with Crippen molar-refractivity contribution in [2.75, 3.05) is 11.4 Å². The predicted molar refractivity (Wildman–Crippen MR) is 150 cm³/mol. The molecule has 1 saturated carbocycles. The van der Waals surface area contributed by atoms with Gasteiger partial charge in [-0.2, -0.15) is 4.31 Å². The molecule has 1 aliphatic carbocycles. The van der Waals surface area contributed by atoms with E-state index in [-0.39, 0.29) is 28.6 Å². The summed E-state index contributed by atoms with van der Waals surface area (Å²) in [6.07, 6.45) is 10.9. The number of anilines is 1. The molecule has 2 aromatic heterocycles. The van der Waals surface area contributed by atoms with Gasteiger partial charge in [0.05, 0.1) is 11.1 Å². The summed E-state index contributed by atoms with van der Waals surface area (Å²) in [6, 6.07) is 8.94. The minimum absolute atomic E-state index is 0.0625. The van der Waals surface area contributed by atoms with Crippen molar-refractivity contribution >= 4 is 38.9 Å². The first-order chi connectivity index (χ1) is 18.9. The number of carbonyl (C=O) groups excluding carboxylic acids is 2. The Bertz CT molecular complexity index is 1380. The first-order valence-electron chi connectivity index (χ1n) is 13.4. The van der Waals surface area contributed by atoms with Gasteiger partial charge in [0.25, 0.3) is 5.91 Å². The van der Waals surface area contributed by atoms with Crippen LogP contribution in [-0.4, -0.2) is 53.1 Å². The Morgan fingerprint density at radius 3 is 2.44 bits per heavy atom. The summed E-state index contributed by atoms with van der Waals surface area (Å²) in [6.45, 7) is 2.42. The number of benzene rings is 1. The first kappa shape index (κ1) is 27.4. The van der Waals surface area contributed by atoms with Crippen LogP contribution in [0.4, 0.5) is 5.69 Å². The lowest BCUT2D eigenvalue weighted by Crippen LogP contribution is -2.46. The molecule has 3 heterocycles. The maximum atomic E-state index is 13.9. The van der Waals surface area contributed by atoms with Crippen molar-refractivity contribution in [1.29, 1.82) is 0 Å². The number of aromatic nitrogens is 2. The van der Waals surface area contributed by atoms with Crippen molar-refractivity contribution in [3.05, 3.63) is 70.9 Å². The van der Waals surface area contributed by atoms with Gasteiger partial charge in [0.2, 0.25) is 15.9 Å². The molecule has 0 unspecified atom stereocenters.